The molecular formula is C15H16BrN3O. The lowest BCUT2D eigenvalue weighted by molar-refractivity contribution is 0.0953. The Bertz CT molecular complexity index is 584. The average Bonchev–Trinajstić information content (AvgIpc) is 2.47. The molecule has 0 fully saturated rings. The summed E-state index contributed by atoms with van der Waals surface area (Å²) in [7, 11) is 0. The van der Waals surface area contributed by atoms with Crippen LogP contribution in [0.3, 0.4) is 0 Å². The zero-order valence-corrected chi connectivity index (χ0v) is 12.8. The van der Waals surface area contributed by atoms with Crippen LogP contribution in [0.5, 0.6) is 0 Å². The molecule has 20 heavy (non-hydrogen) atoms. The third-order valence-corrected chi connectivity index (χ3v) is 3.20. The summed E-state index contributed by atoms with van der Waals surface area (Å²) in [6, 6.07) is 9.60. The number of carbonyl (C=O) groups is 1. The maximum atomic E-state index is 11.9. The zero-order valence-electron chi connectivity index (χ0n) is 11.2. The van der Waals surface area contributed by atoms with Gasteiger partial charge in [0.1, 0.15) is 0 Å². The van der Waals surface area contributed by atoms with Gasteiger partial charge in [0.15, 0.2) is 0 Å². The Hall–Kier alpha value is -1.88. The lowest BCUT2D eigenvalue weighted by Gasteiger charge is -2.08. The van der Waals surface area contributed by atoms with Crippen molar-refractivity contribution in [3.8, 4) is 0 Å². The first-order valence-electron chi connectivity index (χ1n) is 6.45. The second-order valence-corrected chi connectivity index (χ2v) is 5.27. The number of pyridine rings is 1. The predicted octanol–water partition coefficient (Wildman–Crippen LogP) is 3.73. The SMILES string of the molecule is CCCNC(=O)c1cncc(Nc2ccc(Br)cc2)c1. The summed E-state index contributed by atoms with van der Waals surface area (Å²) in [5, 5.41) is 6.05. The van der Waals surface area contributed by atoms with Crippen molar-refractivity contribution in [2.75, 3.05) is 11.9 Å². The Balaban J connectivity index is 2.09. The molecule has 0 unspecified atom stereocenters. The molecule has 4 nitrogen and oxygen atoms in total. The quantitative estimate of drug-likeness (QED) is 0.876. The zero-order chi connectivity index (χ0) is 14.4. The normalized spacial score (nSPS) is 10.1. The molecule has 1 aromatic heterocycles. The number of benzene rings is 1. The fraction of sp³-hybridized carbons (Fsp3) is 0.200. The molecule has 1 heterocycles. The van der Waals surface area contributed by atoms with E-state index in [4.69, 9.17) is 0 Å². The van der Waals surface area contributed by atoms with Crippen LogP contribution in [0.4, 0.5) is 11.4 Å². The summed E-state index contributed by atoms with van der Waals surface area (Å²) in [5.74, 6) is -0.0983. The van der Waals surface area contributed by atoms with Gasteiger partial charge >= 0.3 is 0 Å². The molecule has 2 N–H and O–H groups in total. The van der Waals surface area contributed by atoms with Gasteiger partial charge in [-0.1, -0.05) is 22.9 Å². The highest BCUT2D eigenvalue weighted by Crippen LogP contribution is 2.19. The van der Waals surface area contributed by atoms with Crippen LogP contribution in [-0.2, 0) is 0 Å². The maximum Gasteiger partial charge on any atom is 0.252 e. The molecular weight excluding hydrogens is 318 g/mol. The molecule has 2 rings (SSSR count). The van der Waals surface area contributed by atoms with Gasteiger partial charge in [0.25, 0.3) is 5.91 Å². The number of hydrogen-bond donors (Lipinski definition) is 2. The van der Waals surface area contributed by atoms with E-state index >= 15 is 0 Å². The molecule has 5 heteroatoms. The standard InChI is InChI=1S/C15H16BrN3O/c1-2-7-18-15(20)11-8-14(10-17-9-11)19-13-5-3-12(16)4-6-13/h3-6,8-10,19H,2,7H2,1H3,(H,18,20). The molecule has 2 aromatic rings. The van der Waals surface area contributed by atoms with Gasteiger partial charge in [0.2, 0.25) is 0 Å². The second kappa shape index (κ2) is 7.05. The fourth-order valence-corrected chi connectivity index (χ4v) is 1.94. The summed E-state index contributed by atoms with van der Waals surface area (Å²) >= 11 is 3.39. The van der Waals surface area contributed by atoms with Gasteiger partial charge in [-0.2, -0.15) is 0 Å². The fourth-order valence-electron chi connectivity index (χ4n) is 1.67. The number of hydrogen-bond acceptors (Lipinski definition) is 3. The Morgan fingerprint density at radius 3 is 2.65 bits per heavy atom. The largest absolute Gasteiger partial charge is 0.354 e. The summed E-state index contributed by atoms with van der Waals surface area (Å²) in [6.45, 7) is 2.69. The van der Waals surface area contributed by atoms with E-state index in [0.29, 0.717) is 12.1 Å². The van der Waals surface area contributed by atoms with Gasteiger partial charge in [0, 0.05) is 22.9 Å². The van der Waals surface area contributed by atoms with Crippen molar-refractivity contribution < 1.29 is 4.79 Å². The topological polar surface area (TPSA) is 54.0 Å². The summed E-state index contributed by atoms with van der Waals surface area (Å²) in [4.78, 5) is 16.0. The molecule has 0 atom stereocenters. The van der Waals surface area contributed by atoms with Gasteiger partial charge in [-0.25, -0.2) is 0 Å². The minimum absolute atomic E-state index is 0.0983. The van der Waals surface area contributed by atoms with E-state index in [-0.39, 0.29) is 5.91 Å². The molecule has 0 radical (unpaired) electrons. The smallest absolute Gasteiger partial charge is 0.252 e. The molecule has 0 saturated heterocycles. The highest BCUT2D eigenvalue weighted by Gasteiger charge is 2.06. The van der Waals surface area contributed by atoms with Crippen molar-refractivity contribution in [3.63, 3.8) is 0 Å². The van der Waals surface area contributed by atoms with Crippen LogP contribution < -0.4 is 10.6 Å². The molecule has 0 spiro atoms. The molecule has 1 amide bonds. The van der Waals surface area contributed by atoms with Crippen molar-refractivity contribution in [1.29, 1.82) is 0 Å². The summed E-state index contributed by atoms with van der Waals surface area (Å²) < 4.78 is 1.02. The number of rotatable bonds is 5. The van der Waals surface area contributed by atoms with E-state index in [1.807, 2.05) is 31.2 Å². The van der Waals surface area contributed by atoms with Gasteiger partial charge in [0.05, 0.1) is 17.4 Å². The van der Waals surface area contributed by atoms with Crippen LogP contribution in [0.15, 0.2) is 47.2 Å². The Morgan fingerprint density at radius 1 is 1.20 bits per heavy atom. The Labute approximate surface area is 126 Å². The number of amides is 1. The second-order valence-electron chi connectivity index (χ2n) is 4.35. The van der Waals surface area contributed by atoms with Crippen LogP contribution in [0.1, 0.15) is 23.7 Å². The highest BCUT2D eigenvalue weighted by atomic mass is 79.9. The number of carbonyl (C=O) groups excluding carboxylic acids is 1. The molecule has 0 aliphatic rings. The van der Waals surface area contributed by atoms with E-state index in [1.165, 1.54) is 0 Å². The maximum absolute atomic E-state index is 11.9. The lowest BCUT2D eigenvalue weighted by atomic mass is 10.2. The molecule has 0 saturated carbocycles. The molecule has 0 aliphatic heterocycles. The van der Waals surface area contributed by atoms with E-state index in [0.717, 1.165) is 22.3 Å². The van der Waals surface area contributed by atoms with Crippen LogP contribution in [0.2, 0.25) is 0 Å². The molecule has 0 bridgehead atoms. The van der Waals surface area contributed by atoms with E-state index in [9.17, 15) is 4.79 Å². The average molecular weight is 334 g/mol. The minimum atomic E-state index is -0.0983. The van der Waals surface area contributed by atoms with Crippen molar-refractivity contribution >= 4 is 33.2 Å². The Kier molecular flexibility index (Phi) is 5.12. The predicted molar refractivity (Wildman–Crippen MR) is 84.3 cm³/mol. The van der Waals surface area contributed by atoms with Crippen molar-refractivity contribution in [2.45, 2.75) is 13.3 Å². The first-order chi connectivity index (χ1) is 9.69. The molecule has 104 valence electrons. The van der Waals surface area contributed by atoms with Gasteiger partial charge in [-0.3, -0.25) is 9.78 Å². The van der Waals surface area contributed by atoms with E-state index in [1.54, 1.807) is 18.5 Å². The number of nitrogens with one attached hydrogen (secondary N) is 2. The van der Waals surface area contributed by atoms with Gasteiger partial charge in [-0.15, -0.1) is 0 Å². The first-order valence-corrected chi connectivity index (χ1v) is 7.24. The van der Waals surface area contributed by atoms with Gasteiger partial charge in [-0.05, 0) is 36.8 Å². The minimum Gasteiger partial charge on any atom is -0.354 e. The van der Waals surface area contributed by atoms with Crippen LogP contribution in [-0.4, -0.2) is 17.4 Å². The number of nitrogens with zero attached hydrogens (tertiary/aromatic N) is 1. The van der Waals surface area contributed by atoms with Crippen molar-refractivity contribution in [1.82, 2.24) is 10.3 Å². The summed E-state index contributed by atoms with van der Waals surface area (Å²) in [5.41, 5.74) is 2.29. The molecule has 0 aliphatic carbocycles. The Morgan fingerprint density at radius 2 is 1.95 bits per heavy atom. The molecule has 1 aromatic carbocycles. The summed E-state index contributed by atoms with van der Waals surface area (Å²) in [6.07, 6.45) is 4.17. The number of aromatic nitrogens is 1. The van der Waals surface area contributed by atoms with Crippen molar-refractivity contribution in [2.24, 2.45) is 0 Å². The van der Waals surface area contributed by atoms with Crippen LogP contribution in [0.25, 0.3) is 0 Å². The first kappa shape index (κ1) is 14.5. The van der Waals surface area contributed by atoms with E-state index in [2.05, 4.69) is 31.5 Å². The lowest BCUT2D eigenvalue weighted by Crippen LogP contribution is -2.24. The van der Waals surface area contributed by atoms with Crippen molar-refractivity contribution in [3.05, 3.63) is 52.8 Å². The number of anilines is 2. The van der Waals surface area contributed by atoms with Crippen LogP contribution >= 0.6 is 15.9 Å². The third-order valence-electron chi connectivity index (χ3n) is 2.67. The monoisotopic (exact) mass is 333 g/mol. The van der Waals surface area contributed by atoms with E-state index < -0.39 is 0 Å². The van der Waals surface area contributed by atoms with Gasteiger partial charge < -0.3 is 10.6 Å². The number of halogens is 1. The third kappa shape index (κ3) is 4.06. The highest BCUT2D eigenvalue weighted by molar-refractivity contribution is 9.10. The van der Waals surface area contributed by atoms with Crippen LogP contribution in [0, 0.1) is 0 Å².